The summed E-state index contributed by atoms with van der Waals surface area (Å²) in [4.78, 5) is 24.9. The molecule has 1 aliphatic carbocycles. The molecule has 0 spiro atoms. The molecule has 0 bridgehead atoms. The third-order valence-electron chi connectivity index (χ3n) is 4.33. The molecular formula is C17H21N5O2. The van der Waals surface area contributed by atoms with Crippen LogP contribution in [-0.4, -0.2) is 45.2 Å². The number of aliphatic hydroxyl groups excluding tert-OH is 1. The molecule has 1 atom stereocenters. The van der Waals surface area contributed by atoms with Crippen molar-refractivity contribution in [2.24, 2.45) is 5.92 Å². The zero-order valence-electron chi connectivity index (χ0n) is 13.5. The zero-order chi connectivity index (χ0) is 16.9. The lowest BCUT2D eigenvalue weighted by molar-refractivity contribution is 0.0237. The molecular weight excluding hydrogens is 306 g/mol. The van der Waals surface area contributed by atoms with E-state index in [-0.39, 0.29) is 24.0 Å². The molecule has 3 rings (SSSR count). The maximum atomic E-state index is 12.5. The van der Waals surface area contributed by atoms with E-state index in [1.54, 1.807) is 13.2 Å². The highest BCUT2D eigenvalue weighted by molar-refractivity contribution is 5.93. The van der Waals surface area contributed by atoms with E-state index in [9.17, 15) is 9.90 Å². The fourth-order valence-corrected chi connectivity index (χ4v) is 2.86. The number of anilines is 1. The Kier molecular flexibility index (Phi) is 5.00. The topological polar surface area (TPSA) is 100 Å². The van der Waals surface area contributed by atoms with E-state index in [0.29, 0.717) is 30.8 Å². The van der Waals surface area contributed by atoms with Gasteiger partial charge in [-0.3, -0.25) is 9.78 Å². The Bertz CT molecular complexity index is 671. The van der Waals surface area contributed by atoms with Gasteiger partial charge in [-0.25, -0.2) is 9.97 Å². The first-order valence-electron chi connectivity index (χ1n) is 8.04. The lowest BCUT2D eigenvalue weighted by Crippen LogP contribution is -2.48. The van der Waals surface area contributed by atoms with Gasteiger partial charge in [-0.1, -0.05) is 6.07 Å². The van der Waals surface area contributed by atoms with Gasteiger partial charge < -0.3 is 15.7 Å². The minimum atomic E-state index is -0.267. The van der Waals surface area contributed by atoms with Crippen LogP contribution in [0.2, 0.25) is 0 Å². The lowest BCUT2D eigenvalue weighted by Gasteiger charge is -2.38. The Morgan fingerprint density at radius 2 is 2.04 bits per heavy atom. The Labute approximate surface area is 140 Å². The molecule has 7 nitrogen and oxygen atoms in total. The van der Waals surface area contributed by atoms with Crippen LogP contribution in [-0.2, 0) is 6.42 Å². The summed E-state index contributed by atoms with van der Waals surface area (Å²) in [7, 11) is 1.72. The summed E-state index contributed by atoms with van der Waals surface area (Å²) in [5.41, 5.74) is 1.34. The first kappa shape index (κ1) is 16.3. The third kappa shape index (κ3) is 3.86. The van der Waals surface area contributed by atoms with Gasteiger partial charge in [0.05, 0.1) is 11.7 Å². The van der Waals surface area contributed by atoms with Crippen LogP contribution in [0.1, 0.15) is 28.9 Å². The van der Waals surface area contributed by atoms with E-state index in [4.69, 9.17) is 0 Å². The van der Waals surface area contributed by atoms with Crippen LogP contribution in [0.5, 0.6) is 0 Å². The zero-order valence-corrected chi connectivity index (χ0v) is 13.5. The highest BCUT2D eigenvalue weighted by atomic mass is 16.3. The molecule has 0 radical (unpaired) electrons. The van der Waals surface area contributed by atoms with Crippen molar-refractivity contribution < 1.29 is 9.90 Å². The molecule has 2 heterocycles. The molecule has 2 aromatic rings. The molecule has 0 saturated heterocycles. The van der Waals surface area contributed by atoms with Crippen molar-refractivity contribution in [2.75, 3.05) is 12.4 Å². The Morgan fingerprint density at radius 1 is 1.29 bits per heavy atom. The van der Waals surface area contributed by atoms with E-state index in [1.165, 1.54) is 12.4 Å². The van der Waals surface area contributed by atoms with Gasteiger partial charge in [0.25, 0.3) is 5.91 Å². The largest absolute Gasteiger partial charge is 0.393 e. The van der Waals surface area contributed by atoms with Crippen LogP contribution < -0.4 is 10.6 Å². The van der Waals surface area contributed by atoms with Crippen LogP contribution in [0.25, 0.3) is 0 Å². The molecule has 1 saturated carbocycles. The summed E-state index contributed by atoms with van der Waals surface area (Å²) < 4.78 is 0. The fraction of sp³-hybridized carbons (Fsp3) is 0.412. The molecule has 1 amide bonds. The van der Waals surface area contributed by atoms with Crippen molar-refractivity contribution in [3.05, 3.63) is 48.0 Å². The van der Waals surface area contributed by atoms with E-state index in [1.807, 2.05) is 18.2 Å². The number of hydrogen-bond acceptors (Lipinski definition) is 6. The molecule has 1 aliphatic rings. The smallest absolute Gasteiger partial charge is 0.254 e. The monoisotopic (exact) mass is 327 g/mol. The molecule has 24 heavy (non-hydrogen) atoms. The lowest BCUT2D eigenvalue weighted by atomic mass is 9.76. The average Bonchev–Trinajstić information content (AvgIpc) is 2.59. The second-order valence-corrected chi connectivity index (χ2v) is 6.04. The normalized spacial score (nSPS) is 20.8. The summed E-state index contributed by atoms with van der Waals surface area (Å²) in [6.07, 6.45) is 6.52. The highest BCUT2D eigenvalue weighted by Gasteiger charge is 2.35. The minimum absolute atomic E-state index is 0.0697. The number of carbonyl (C=O) groups excluding carboxylic acids is 1. The summed E-state index contributed by atoms with van der Waals surface area (Å²) in [5, 5.41) is 15.5. The van der Waals surface area contributed by atoms with Gasteiger partial charge in [-0.2, -0.15) is 0 Å². The number of aliphatic hydroxyl groups is 1. The van der Waals surface area contributed by atoms with Crippen LogP contribution >= 0.6 is 0 Å². The number of aromatic nitrogens is 3. The quantitative estimate of drug-likeness (QED) is 0.732. The Morgan fingerprint density at radius 3 is 2.62 bits per heavy atom. The first-order valence-corrected chi connectivity index (χ1v) is 8.04. The second-order valence-electron chi connectivity index (χ2n) is 6.04. The predicted molar refractivity (Wildman–Crippen MR) is 89.5 cm³/mol. The van der Waals surface area contributed by atoms with Crippen molar-refractivity contribution in [3.63, 3.8) is 0 Å². The van der Waals surface area contributed by atoms with Gasteiger partial charge >= 0.3 is 0 Å². The molecule has 7 heteroatoms. The number of pyridine rings is 1. The molecule has 126 valence electrons. The summed E-state index contributed by atoms with van der Waals surface area (Å²) in [5.74, 6) is 0.516. The number of amides is 1. The fourth-order valence-electron chi connectivity index (χ4n) is 2.86. The van der Waals surface area contributed by atoms with Gasteiger partial charge in [0.2, 0.25) is 5.95 Å². The van der Waals surface area contributed by atoms with E-state index in [0.717, 1.165) is 5.69 Å². The Hall–Kier alpha value is -2.54. The van der Waals surface area contributed by atoms with Gasteiger partial charge in [-0.05, 0) is 30.9 Å². The van der Waals surface area contributed by atoms with Crippen LogP contribution in [0.15, 0.2) is 36.8 Å². The number of carbonyl (C=O) groups is 1. The van der Waals surface area contributed by atoms with Crippen LogP contribution in [0.4, 0.5) is 5.95 Å². The maximum absolute atomic E-state index is 12.5. The predicted octanol–water partition coefficient (Wildman–Crippen LogP) is 1.03. The van der Waals surface area contributed by atoms with Crippen molar-refractivity contribution in [2.45, 2.75) is 31.4 Å². The van der Waals surface area contributed by atoms with Crippen LogP contribution in [0.3, 0.4) is 0 Å². The maximum Gasteiger partial charge on any atom is 0.254 e. The SMILES string of the molecule is CNc1ncc(C(=O)N[C@@H](Cc2ccccn2)C2CC(O)C2)cn1. The molecule has 2 aromatic heterocycles. The number of nitrogens with one attached hydrogen (secondary N) is 2. The molecule has 3 N–H and O–H groups in total. The van der Waals surface area contributed by atoms with Gasteiger partial charge in [0.1, 0.15) is 0 Å². The third-order valence-corrected chi connectivity index (χ3v) is 4.33. The number of hydrogen-bond donors (Lipinski definition) is 3. The van der Waals surface area contributed by atoms with Crippen molar-refractivity contribution >= 4 is 11.9 Å². The average molecular weight is 327 g/mol. The summed E-state index contributed by atoms with van der Waals surface area (Å²) in [6, 6.07) is 5.67. The van der Waals surface area contributed by atoms with Crippen molar-refractivity contribution in [1.29, 1.82) is 0 Å². The molecule has 0 aromatic carbocycles. The van der Waals surface area contributed by atoms with Gasteiger partial charge in [-0.15, -0.1) is 0 Å². The van der Waals surface area contributed by atoms with E-state index >= 15 is 0 Å². The molecule has 0 unspecified atom stereocenters. The van der Waals surface area contributed by atoms with Crippen LogP contribution in [0, 0.1) is 5.92 Å². The number of rotatable bonds is 6. The minimum Gasteiger partial charge on any atom is -0.393 e. The van der Waals surface area contributed by atoms with Gasteiger partial charge in [0.15, 0.2) is 0 Å². The van der Waals surface area contributed by atoms with Crippen molar-refractivity contribution in [1.82, 2.24) is 20.3 Å². The number of nitrogens with zero attached hydrogens (tertiary/aromatic N) is 3. The summed E-state index contributed by atoms with van der Waals surface area (Å²) >= 11 is 0. The van der Waals surface area contributed by atoms with Gasteiger partial charge in [0, 0.05) is 43.8 Å². The first-order chi connectivity index (χ1) is 11.7. The molecule has 0 aliphatic heterocycles. The second kappa shape index (κ2) is 7.35. The van der Waals surface area contributed by atoms with E-state index in [2.05, 4.69) is 25.6 Å². The highest BCUT2D eigenvalue weighted by Crippen LogP contribution is 2.31. The van der Waals surface area contributed by atoms with Crippen molar-refractivity contribution in [3.8, 4) is 0 Å². The molecule has 1 fully saturated rings. The summed E-state index contributed by atoms with van der Waals surface area (Å²) in [6.45, 7) is 0. The van der Waals surface area contributed by atoms with E-state index < -0.39 is 0 Å². The Balaban J connectivity index is 1.69. The standard InChI is InChI=1S/C17H21N5O2/c1-18-17-20-9-12(10-21-17)16(24)22-15(11-6-14(23)7-11)8-13-4-2-3-5-19-13/h2-5,9-11,14-15,23H,6-8H2,1H3,(H,22,24)(H,18,20,21)/t11?,14?,15-/m0/s1.